The maximum atomic E-state index is 13.0. The minimum absolute atomic E-state index is 0.0550. The number of para-hydroxylation sites is 3. The van der Waals surface area contributed by atoms with Crippen LogP contribution in [0.2, 0.25) is 0 Å². The van der Waals surface area contributed by atoms with Crippen molar-refractivity contribution in [2.24, 2.45) is 5.92 Å². The summed E-state index contributed by atoms with van der Waals surface area (Å²) in [5, 5.41) is 3.57. The van der Waals surface area contributed by atoms with Gasteiger partial charge in [0, 0.05) is 5.39 Å². The smallest absolute Gasteiger partial charge is 0.349 e. The number of nitrogens with one attached hydrogen (secondary N) is 2. The maximum Gasteiger partial charge on any atom is 0.349 e. The summed E-state index contributed by atoms with van der Waals surface area (Å²) in [6.07, 6.45) is 0.665. The average Bonchev–Trinajstić information content (AvgIpc) is 3.16. The van der Waals surface area contributed by atoms with Crippen LogP contribution in [-0.4, -0.2) is 23.0 Å². The average molecular weight is 405 g/mol. The number of carbonyl (C=O) groups excluding carboxylic acids is 1. The number of benzene rings is 2. The SMILES string of the molecule is COc1cccc2cc(C(=O)N[C@H](CC(C)C)c3nc4ccccc4[nH]3)c(=O)oc12. The zero-order valence-corrected chi connectivity index (χ0v) is 17.1. The first-order valence-corrected chi connectivity index (χ1v) is 9.82. The van der Waals surface area contributed by atoms with E-state index in [0.717, 1.165) is 11.0 Å². The third-order valence-electron chi connectivity index (χ3n) is 4.94. The molecule has 2 heterocycles. The Kier molecular flexibility index (Phi) is 5.27. The van der Waals surface area contributed by atoms with Crippen LogP contribution < -0.4 is 15.7 Å². The molecule has 4 aromatic rings. The van der Waals surface area contributed by atoms with Crippen LogP contribution in [0.3, 0.4) is 0 Å². The Morgan fingerprint density at radius 1 is 1.20 bits per heavy atom. The van der Waals surface area contributed by atoms with Gasteiger partial charge < -0.3 is 19.5 Å². The number of hydrogen-bond donors (Lipinski definition) is 2. The molecule has 0 spiro atoms. The second kappa shape index (κ2) is 8.02. The molecule has 2 N–H and O–H groups in total. The number of nitrogens with zero attached hydrogens (tertiary/aromatic N) is 1. The standard InChI is InChI=1S/C23H23N3O4/c1-13(2)11-18(21-24-16-8-4-5-9-17(16)25-21)26-22(27)15-12-14-7-6-10-19(29-3)20(14)30-23(15)28/h4-10,12-13,18H,11H2,1-3H3,(H,24,25)(H,26,27)/t18-/m1/s1. The number of hydrogen-bond acceptors (Lipinski definition) is 5. The van der Waals surface area contributed by atoms with Gasteiger partial charge >= 0.3 is 5.63 Å². The quantitative estimate of drug-likeness (QED) is 0.469. The minimum atomic E-state index is -0.711. The van der Waals surface area contributed by atoms with Crippen molar-refractivity contribution >= 4 is 27.9 Å². The van der Waals surface area contributed by atoms with Gasteiger partial charge in [-0.1, -0.05) is 38.1 Å². The summed E-state index contributed by atoms with van der Waals surface area (Å²) in [4.78, 5) is 33.4. The van der Waals surface area contributed by atoms with Crippen molar-refractivity contribution in [2.75, 3.05) is 7.11 Å². The van der Waals surface area contributed by atoms with E-state index >= 15 is 0 Å². The van der Waals surface area contributed by atoms with E-state index in [2.05, 4.69) is 29.1 Å². The Hall–Kier alpha value is -3.61. The van der Waals surface area contributed by atoms with E-state index in [1.807, 2.05) is 24.3 Å². The molecular weight excluding hydrogens is 382 g/mol. The molecule has 0 aliphatic heterocycles. The molecule has 0 saturated heterocycles. The highest BCUT2D eigenvalue weighted by atomic mass is 16.5. The van der Waals surface area contributed by atoms with E-state index in [4.69, 9.17) is 9.15 Å². The molecule has 1 atom stereocenters. The predicted octanol–water partition coefficient (Wildman–Crippen LogP) is 4.20. The fraction of sp³-hybridized carbons (Fsp3) is 0.261. The van der Waals surface area contributed by atoms with Crippen LogP contribution in [0.25, 0.3) is 22.0 Å². The first kappa shape index (κ1) is 19.7. The molecule has 7 nitrogen and oxygen atoms in total. The lowest BCUT2D eigenvalue weighted by Gasteiger charge is -2.18. The van der Waals surface area contributed by atoms with Crippen LogP contribution in [0.4, 0.5) is 0 Å². The summed E-state index contributed by atoms with van der Waals surface area (Å²) >= 11 is 0. The Morgan fingerprint density at radius 2 is 2.00 bits per heavy atom. The number of ether oxygens (including phenoxy) is 1. The number of rotatable bonds is 6. The van der Waals surface area contributed by atoms with Crippen molar-refractivity contribution in [1.82, 2.24) is 15.3 Å². The normalized spacial score (nSPS) is 12.4. The summed E-state index contributed by atoms with van der Waals surface area (Å²) in [6, 6.07) is 14.1. The lowest BCUT2D eigenvalue weighted by molar-refractivity contribution is 0.0926. The van der Waals surface area contributed by atoms with E-state index in [-0.39, 0.29) is 11.6 Å². The van der Waals surface area contributed by atoms with Crippen molar-refractivity contribution in [2.45, 2.75) is 26.3 Å². The van der Waals surface area contributed by atoms with Crippen LogP contribution in [0.5, 0.6) is 5.75 Å². The highest BCUT2D eigenvalue weighted by molar-refractivity contribution is 5.97. The van der Waals surface area contributed by atoms with Crippen LogP contribution in [0.1, 0.15) is 42.5 Å². The molecule has 7 heteroatoms. The van der Waals surface area contributed by atoms with Gasteiger partial charge in [-0.15, -0.1) is 0 Å². The molecule has 30 heavy (non-hydrogen) atoms. The molecule has 0 unspecified atom stereocenters. The highest BCUT2D eigenvalue weighted by Crippen LogP contribution is 2.25. The molecule has 1 amide bonds. The van der Waals surface area contributed by atoms with Gasteiger partial charge in [0.05, 0.1) is 24.2 Å². The van der Waals surface area contributed by atoms with Crippen molar-refractivity contribution in [1.29, 1.82) is 0 Å². The summed E-state index contributed by atoms with van der Waals surface area (Å²) < 4.78 is 10.6. The van der Waals surface area contributed by atoms with Gasteiger partial charge in [-0.2, -0.15) is 0 Å². The molecule has 0 aliphatic rings. The monoisotopic (exact) mass is 405 g/mol. The van der Waals surface area contributed by atoms with Crippen LogP contribution in [0, 0.1) is 5.92 Å². The highest BCUT2D eigenvalue weighted by Gasteiger charge is 2.23. The molecule has 0 saturated carbocycles. The van der Waals surface area contributed by atoms with Crippen molar-refractivity contribution in [3.05, 3.63) is 70.3 Å². The molecule has 0 fully saturated rings. The fourth-order valence-electron chi connectivity index (χ4n) is 3.52. The van der Waals surface area contributed by atoms with Crippen molar-refractivity contribution < 1.29 is 13.9 Å². The molecule has 0 bridgehead atoms. The third-order valence-corrected chi connectivity index (χ3v) is 4.94. The van der Waals surface area contributed by atoms with Crippen LogP contribution in [0.15, 0.2) is 57.7 Å². The van der Waals surface area contributed by atoms with Crippen molar-refractivity contribution in [3.63, 3.8) is 0 Å². The van der Waals surface area contributed by atoms with Gasteiger partial charge in [0.15, 0.2) is 11.3 Å². The predicted molar refractivity (Wildman–Crippen MR) is 115 cm³/mol. The minimum Gasteiger partial charge on any atom is -0.493 e. The number of H-pyrrole nitrogens is 1. The Labute approximate surface area is 173 Å². The molecule has 2 aromatic carbocycles. The van der Waals surface area contributed by atoms with E-state index < -0.39 is 11.5 Å². The van der Waals surface area contributed by atoms with E-state index in [1.165, 1.54) is 13.2 Å². The van der Waals surface area contributed by atoms with E-state index in [0.29, 0.717) is 34.9 Å². The van der Waals surface area contributed by atoms with Crippen LogP contribution in [-0.2, 0) is 0 Å². The van der Waals surface area contributed by atoms with E-state index in [1.54, 1.807) is 18.2 Å². The topological polar surface area (TPSA) is 97.2 Å². The summed E-state index contributed by atoms with van der Waals surface area (Å²) in [5.74, 6) is 0.905. The van der Waals surface area contributed by atoms with Crippen LogP contribution >= 0.6 is 0 Å². The zero-order valence-electron chi connectivity index (χ0n) is 17.1. The summed E-state index contributed by atoms with van der Waals surface area (Å²) in [7, 11) is 1.50. The number of amides is 1. The van der Waals surface area contributed by atoms with Gasteiger partial charge in [-0.05, 0) is 36.6 Å². The first-order valence-electron chi connectivity index (χ1n) is 9.82. The van der Waals surface area contributed by atoms with Gasteiger partial charge in [-0.25, -0.2) is 9.78 Å². The second-order valence-electron chi connectivity index (χ2n) is 7.62. The Morgan fingerprint density at radius 3 is 2.73 bits per heavy atom. The summed E-state index contributed by atoms with van der Waals surface area (Å²) in [5.41, 5.74) is 1.27. The second-order valence-corrected chi connectivity index (χ2v) is 7.62. The van der Waals surface area contributed by atoms with Gasteiger partial charge in [-0.3, -0.25) is 4.79 Å². The number of imidazole rings is 1. The Balaban J connectivity index is 1.68. The largest absolute Gasteiger partial charge is 0.493 e. The third kappa shape index (κ3) is 3.78. The molecular formula is C23H23N3O4. The fourth-order valence-corrected chi connectivity index (χ4v) is 3.52. The molecule has 4 rings (SSSR count). The molecule has 0 radical (unpaired) electrons. The Bertz CT molecular complexity index is 1240. The summed E-state index contributed by atoms with van der Waals surface area (Å²) in [6.45, 7) is 4.14. The number of fused-ring (bicyclic) bond motifs is 2. The molecule has 0 aliphatic carbocycles. The van der Waals surface area contributed by atoms with Gasteiger partial charge in [0.2, 0.25) is 0 Å². The number of methoxy groups -OCH3 is 1. The lowest BCUT2D eigenvalue weighted by Crippen LogP contribution is -2.33. The lowest BCUT2D eigenvalue weighted by atomic mass is 10.0. The number of aromatic nitrogens is 2. The maximum absolute atomic E-state index is 13.0. The van der Waals surface area contributed by atoms with Crippen molar-refractivity contribution in [3.8, 4) is 5.75 Å². The number of aromatic amines is 1. The first-order chi connectivity index (χ1) is 14.5. The molecule has 154 valence electrons. The van der Waals surface area contributed by atoms with E-state index in [9.17, 15) is 9.59 Å². The zero-order chi connectivity index (χ0) is 21.3. The van der Waals surface area contributed by atoms with Gasteiger partial charge in [0.1, 0.15) is 11.4 Å². The van der Waals surface area contributed by atoms with Gasteiger partial charge in [0.25, 0.3) is 5.91 Å². The molecule has 2 aromatic heterocycles. The number of carbonyl (C=O) groups is 1.